The fourth-order valence-electron chi connectivity index (χ4n) is 2.61. The lowest BCUT2D eigenvalue weighted by atomic mass is 10.0. The smallest absolute Gasteiger partial charge is 0.245 e. The molecule has 21 heavy (non-hydrogen) atoms. The van der Waals surface area contributed by atoms with Gasteiger partial charge >= 0.3 is 0 Å². The van der Waals surface area contributed by atoms with Crippen molar-refractivity contribution in [3.8, 4) is 5.88 Å². The van der Waals surface area contributed by atoms with E-state index in [1.54, 1.807) is 14.2 Å². The molecule has 2 aromatic rings. The van der Waals surface area contributed by atoms with Crippen LogP contribution in [0.5, 0.6) is 5.88 Å². The molecule has 1 unspecified atom stereocenters. The third-order valence-electron chi connectivity index (χ3n) is 3.84. The van der Waals surface area contributed by atoms with Crippen molar-refractivity contribution in [2.75, 3.05) is 27.4 Å². The van der Waals surface area contributed by atoms with Crippen LogP contribution in [0.4, 0.5) is 0 Å². The van der Waals surface area contributed by atoms with Gasteiger partial charge in [-0.1, -0.05) is 0 Å². The van der Waals surface area contributed by atoms with Gasteiger partial charge in [-0.15, -0.1) is 11.6 Å². The summed E-state index contributed by atoms with van der Waals surface area (Å²) in [5.74, 6) is 1.44. The molecule has 1 aliphatic heterocycles. The fourth-order valence-corrected chi connectivity index (χ4v) is 2.81. The Morgan fingerprint density at radius 1 is 1.43 bits per heavy atom. The molecule has 7 nitrogen and oxygen atoms in total. The molecule has 1 atom stereocenters. The highest BCUT2D eigenvalue weighted by Gasteiger charge is 2.36. The topological polar surface area (TPSA) is 71.3 Å². The van der Waals surface area contributed by atoms with E-state index in [2.05, 4.69) is 15.0 Å². The van der Waals surface area contributed by atoms with Crippen LogP contribution in [-0.2, 0) is 21.9 Å². The molecule has 0 saturated carbocycles. The van der Waals surface area contributed by atoms with E-state index >= 15 is 0 Å². The third-order valence-corrected chi connectivity index (χ3v) is 4.08. The Balaban J connectivity index is 2.08. The second-order valence-corrected chi connectivity index (χ2v) is 5.26. The Morgan fingerprint density at radius 3 is 2.90 bits per heavy atom. The van der Waals surface area contributed by atoms with E-state index < -0.39 is 0 Å². The third kappa shape index (κ3) is 2.45. The monoisotopic (exact) mass is 312 g/mol. The lowest BCUT2D eigenvalue weighted by Gasteiger charge is -2.26. The van der Waals surface area contributed by atoms with Crippen molar-refractivity contribution < 1.29 is 14.2 Å². The normalized spacial score (nSPS) is 22.0. The first-order chi connectivity index (χ1) is 10.2. The number of aromatic nitrogens is 4. The molecule has 1 aliphatic rings. The fraction of sp³-hybridized carbons (Fsp3) is 0.615. The number of nitrogens with zero attached hydrogens (tertiary/aromatic N) is 4. The highest BCUT2D eigenvalue weighted by molar-refractivity contribution is 6.16. The van der Waals surface area contributed by atoms with Crippen LogP contribution in [0.1, 0.15) is 12.2 Å². The summed E-state index contributed by atoms with van der Waals surface area (Å²) in [5, 5.41) is 0. The predicted octanol–water partition coefficient (Wildman–Crippen LogP) is 1.38. The Hall–Kier alpha value is -1.44. The van der Waals surface area contributed by atoms with Gasteiger partial charge in [-0.25, -0.2) is 9.97 Å². The number of alkyl halides is 1. The summed E-state index contributed by atoms with van der Waals surface area (Å²) in [5.41, 5.74) is 0.939. The zero-order valence-electron chi connectivity index (χ0n) is 12.0. The zero-order chi connectivity index (χ0) is 14.9. The molecule has 0 spiro atoms. The first-order valence-electron chi connectivity index (χ1n) is 6.66. The van der Waals surface area contributed by atoms with Crippen LogP contribution in [0, 0.1) is 0 Å². The molecule has 1 fully saturated rings. The molecule has 0 radical (unpaired) electrons. The van der Waals surface area contributed by atoms with E-state index in [-0.39, 0.29) is 11.5 Å². The number of fused-ring (bicyclic) bond motifs is 1. The summed E-state index contributed by atoms with van der Waals surface area (Å²) in [4.78, 5) is 12.9. The van der Waals surface area contributed by atoms with Crippen molar-refractivity contribution in [1.82, 2.24) is 19.5 Å². The van der Waals surface area contributed by atoms with E-state index in [0.717, 1.165) is 6.42 Å². The highest BCUT2D eigenvalue weighted by atomic mass is 35.5. The average molecular weight is 313 g/mol. The molecule has 8 heteroatoms. The largest absolute Gasteiger partial charge is 0.479 e. The average Bonchev–Trinajstić information content (AvgIpc) is 3.13. The number of methoxy groups -OCH3 is 2. The van der Waals surface area contributed by atoms with Crippen LogP contribution < -0.4 is 4.74 Å². The van der Waals surface area contributed by atoms with Gasteiger partial charge in [0.05, 0.1) is 26.1 Å². The number of hydrogen-bond donors (Lipinski definition) is 0. The first-order valence-corrected chi connectivity index (χ1v) is 7.19. The van der Waals surface area contributed by atoms with Crippen molar-refractivity contribution in [3.63, 3.8) is 0 Å². The van der Waals surface area contributed by atoms with Gasteiger partial charge in [0.15, 0.2) is 11.2 Å². The minimum Gasteiger partial charge on any atom is -0.479 e. The second-order valence-electron chi connectivity index (χ2n) is 4.99. The van der Waals surface area contributed by atoms with Crippen LogP contribution in [-0.4, -0.2) is 52.6 Å². The highest BCUT2D eigenvalue weighted by Crippen LogP contribution is 2.29. The van der Waals surface area contributed by atoms with Crippen molar-refractivity contribution in [2.24, 2.45) is 0 Å². The Bertz CT molecular complexity index is 640. The lowest BCUT2D eigenvalue weighted by Crippen LogP contribution is -2.37. The summed E-state index contributed by atoms with van der Waals surface area (Å²) in [6.07, 6.45) is 2.29. The number of hydrogen-bond acceptors (Lipinski definition) is 6. The van der Waals surface area contributed by atoms with Gasteiger partial charge in [0.2, 0.25) is 5.88 Å². The molecule has 0 aromatic carbocycles. The van der Waals surface area contributed by atoms with Gasteiger partial charge in [-0.05, 0) is 0 Å². The Morgan fingerprint density at radius 2 is 2.29 bits per heavy atom. The van der Waals surface area contributed by atoms with E-state index in [1.165, 1.54) is 6.33 Å². The standard InChI is InChI=1S/C13H17ClN4O3/c1-19-12-10-11(15-8-16-12)18(9(5-14)17-10)6-13(20-2)3-4-21-7-13/h8H,3-7H2,1-2H3. The van der Waals surface area contributed by atoms with Crippen LogP contribution in [0.2, 0.25) is 0 Å². The van der Waals surface area contributed by atoms with Gasteiger partial charge in [0, 0.05) is 20.1 Å². The van der Waals surface area contributed by atoms with Crippen LogP contribution in [0.25, 0.3) is 11.2 Å². The van der Waals surface area contributed by atoms with Crippen LogP contribution >= 0.6 is 11.6 Å². The van der Waals surface area contributed by atoms with Crippen LogP contribution in [0.3, 0.4) is 0 Å². The molecule has 0 amide bonds. The summed E-state index contributed by atoms with van der Waals surface area (Å²) >= 11 is 6.03. The maximum Gasteiger partial charge on any atom is 0.245 e. The number of ether oxygens (including phenoxy) is 3. The van der Waals surface area contributed by atoms with E-state index in [0.29, 0.717) is 42.6 Å². The molecule has 0 bridgehead atoms. The summed E-state index contributed by atoms with van der Waals surface area (Å²) in [7, 11) is 3.26. The van der Waals surface area contributed by atoms with Crippen molar-refractivity contribution in [1.29, 1.82) is 0 Å². The van der Waals surface area contributed by atoms with Gasteiger partial charge in [-0.2, -0.15) is 4.98 Å². The van der Waals surface area contributed by atoms with E-state index in [9.17, 15) is 0 Å². The second kappa shape index (κ2) is 5.75. The maximum absolute atomic E-state index is 6.03. The molecule has 2 aromatic heterocycles. The summed E-state index contributed by atoms with van der Waals surface area (Å²) < 4.78 is 18.4. The number of imidazole rings is 1. The van der Waals surface area contributed by atoms with Crippen molar-refractivity contribution in [3.05, 3.63) is 12.2 Å². The zero-order valence-corrected chi connectivity index (χ0v) is 12.8. The van der Waals surface area contributed by atoms with Crippen molar-refractivity contribution in [2.45, 2.75) is 24.4 Å². The minimum atomic E-state index is -0.368. The summed E-state index contributed by atoms with van der Waals surface area (Å²) in [6.45, 7) is 1.82. The lowest BCUT2D eigenvalue weighted by molar-refractivity contribution is -0.0292. The predicted molar refractivity (Wildman–Crippen MR) is 76.6 cm³/mol. The Kier molecular flexibility index (Phi) is 3.97. The molecule has 3 rings (SSSR count). The molecule has 0 N–H and O–H groups in total. The number of halogens is 1. The SMILES string of the molecule is COc1ncnc2c1nc(CCl)n2CC1(OC)CCOC1. The summed E-state index contributed by atoms with van der Waals surface area (Å²) in [6, 6.07) is 0. The molecular weight excluding hydrogens is 296 g/mol. The van der Waals surface area contributed by atoms with E-state index in [4.69, 9.17) is 25.8 Å². The van der Waals surface area contributed by atoms with Crippen LogP contribution in [0.15, 0.2) is 6.33 Å². The van der Waals surface area contributed by atoms with Gasteiger partial charge in [0.25, 0.3) is 0 Å². The first kappa shape index (κ1) is 14.5. The number of rotatable bonds is 5. The van der Waals surface area contributed by atoms with Gasteiger partial charge in [-0.3, -0.25) is 0 Å². The van der Waals surface area contributed by atoms with Crippen molar-refractivity contribution >= 4 is 22.8 Å². The molecule has 114 valence electrons. The molecule has 3 heterocycles. The minimum absolute atomic E-state index is 0.278. The van der Waals surface area contributed by atoms with E-state index in [1.807, 2.05) is 4.57 Å². The quantitative estimate of drug-likeness (QED) is 0.777. The molecular formula is C13H17ClN4O3. The maximum atomic E-state index is 6.03. The van der Waals surface area contributed by atoms with Gasteiger partial charge in [0.1, 0.15) is 17.8 Å². The molecule has 1 saturated heterocycles. The van der Waals surface area contributed by atoms with Gasteiger partial charge < -0.3 is 18.8 Å². The molecule has 0 aliphatic carbocycles. The Labute approximate surface area is 127 Å².